The minimum atomic E-state index is -0.167. The first kappa shape index (κ1) is 8.87. The average Bonchev–Trinajstić information content (AvgIpc) is 2.53. The lowest BCUT2D eigenvalue weighted by molar-refractivity contribution is -0.120. The minimum absolute atomic E-state index is 0.0764. The molecule has 1 saturated carbocycles. The van der Waals surface area contributed by atoms with E-state index in [0.717, 1.165) is 12.8 Å². The molecule has 0 saturated heterocycles. The minimum Gasteiger partial charge on any atom is -0.353 e. The molecule has 0 aromatic carbocycles. The smallest absolute Gasteiger partial charge is 0.226 e. The van der Waals surface area contributed by atoms with Crippen LogP contribution in [0.2, 0.25) is 0 Å². The van der Waals surface area contributed by atoms with Crippen molar-refractivity contribution in [3.05, 3.63) is 10.4 Å². The number of carbonyl (C=O) groups is 1. The van der Waals surface area contributed by atoms with E-state index in [1.807, 2.05) is 0 Å². The Kier molecular flexibility index (Phi) is 3.41. The predicted molar refractivity (Wildman–Crippen MR) is 44.4 cm³/mol. The summed E-state index contributed by atoms with van der Waals surface area (Å²) in [4.78, 5) is 13.5. The fraction of sp³-hybridized carbons (Fsp3) is 0.857. The molecule has 12 heavy (non-hydrogen) atoms. The third kappa shape index (κ3) is 2.80. The Balaban J connectivity index is 2.20. The van der Waals surface area contributed by atoms with Crippen molar-refractivity contribution in [2.75, 3.05) is 6.54 Å². The second-order valence-electron chi connectivity index (χ2n) is 2.94. The van der Waals surface area contributed by atoms with Gasteiger partial charge < -0.3 is 5.32 Å². The highest BCUT2D eigenvalue weighted by molar-refractivity contribution is 5.78. The Morgan fingerprint density at radius 3 is 2.83 bits per heavy atom. The van der Waals surface area contributed by atoms with E-state index in [1.54, 1.807) is 0 Å². The van der Waals surface area contributed by atoms with Crippen molar-refractivity contribution in [2.24, 2.45) is 5.11 Å². The van der Waals surface area contributed by atoms with Crippen LogP contribution in [0.5, 0.6) is 0 Å². The fourth-order valence-electron chi connectivity index (χ4n) is 1.44. The van der Waals surface area contributed by atoms with Crippen LogP contribution in [-0.2, 0) is 4.79 Å². The summed E-state index contributed by atoms with van der Waals surface area (Å²) in [5.41, 5.74) is 7.95. The van der Waals surface area contributed by atoms with E-state index in [-0.39, 0.29) is 12.5 Å². The molecule has 0 aliphatic heterocycles. The quantitative estimate of drug-likeness (QED) is 0.385. The van der Waals surface area contributed by atoms with Crippen molar-refractivity contribution in [1.82, 2.24) is 5.32 Å². The van der Waals surface area contributed by atoms with Gasteiger partial charge in [-0.2, -0.15) is 0 Å². The summed E-state index contributed by atoms with van der Waals surface area (Å²) in [5.74, 6) is -0.167. The number of hydrogen-bond acceptors (Lipinski definition) is 2. The highest BCUT2D eigenvalue weighted by atomic mass is 16.1. The van der Waals surface area contributed by atoms with Crippen molar-refractivity contribution in [2.45, 2.75) is 31.7 Å². The number of amides is 1. The van der Waals surface area contributed by atoms with Gasteiger partial charge in [-0.1, -0.05) is 18.0 Å². The molecule has 5 nitrogen and oxygen atoms in total. The second-order valence-corrected chi connectivity index (χ2v) is 2.94. The van der Waals surface area contributed by atoms with Gasteiger partial charge in [-0.25, -0.2) is 0 Å². The van der Waals surface area contributed by atoms with E-state index in [1.165, 1.54) is 12.8 Å². The molecular weight excluding hydrogens is 156 g/mol. The molecule has 0 bridgehead atoms. The lowest BCUT2D eigenvalue weighted by Gasteiger charge is -2.09. The summed E-state index contributed by atoms with van der Waals surface area (Å²) in [6.07, 6.45) is 4.49. The standard InChI is InChI=1S/C7H12N4O/c8-11-9-5-7(12)10-6-3-1-2-4-6/h6H,1-5H2,(H,10,12). The SMILES string of the molecule is [N-]=[N+]=NCC(=O)NC1CCCC1. The van der Waals surface area contributed by atoms with Gasteiger partial charge in [-0.3, -0.25) is 4.79 Å². The number of rotatable bonds is 3. The van der Waals surface area contributed by atoms with E-state index in [0.29, 0.717) is 6.04 Å². The molecule has 1 aliphatic rings. The van der Waals surface area contributed by atoms with E-state index in [2.05, 4.69) is 15.3 Å². The molecule has 1 aliphatic carbocycles. The summed E-state index contributed by atoms with van der Waals surface area (Å²) in [6.45, 7) is -0.0764. The van der Waals surface area contributed by atoms with Gasteiger partial charge in [0.15, 0.2) is 0 Å². The van der Waals surface area contributed by atoms with Crippen LogP contribution in [-0.4, -0.2) is 18.5 Å². The average molecular weight is 168 g/mol. The zero-order valence-electron chi connectivity index (χ0n) is 6.86. The van der Waals surface area contributed by atoms with E-state index < -0.39 is 0 Å². The topological polar surface area (TPSA) is 77.9 Å². The van der Waals surface area contributed by atoms with Crippen LogP contribution in [0.15, 0.2) is 5.11 Å². The van der Waals surface area contributed by atoms with Crippen LogP contribution in [0.4, 0.5) is 0 Å². The molecule has 0 aromatic heterocycles. The maximum atomic E-state index is 11.0. The largest absolute Gasteiger partial charge is 0.353 e. The molecule has 1 fully saturated rings. The molecule has 1 N–H and O–H groups in total. The lowest BCUT2D eigenvalue weighted by Crippen LogP contribution is -2.33. The molecule has 1 amide bonds. The highest BCUT2D eigenvalue weighted by Crippen LogP contribution is 2.17. The maximum absolute atomic E-state index is 11.0. The van der Waals surface area contributed by atoms with Gasteiger partial charge in [-0.05, 0) is 18.4 Å². The number of azide groups is 1. The van der Waals surface area contributed by atoms with Gasteiger partial charge in [-0.15, -0.1) is 0 Å². The van der Waals surface area contributed by atoms with Gasteiger partial charge in [0.1, 0.15) is 6.54 Å². The van der Waals surface area contributed by atoms with Gasteiger partial charge in [0.2, 0.25) is 5.91 Å². The molecule has 0 heterocycles. The summed E-state index contributed by atoms with van der Waals surface area (Å²) in [6, 6.07) is 0.311. The van der Waals surface area contributed by atoms with Crippen molar-refractivity contribution < 1.29 is 4.79 Å². The summed E-state index contributed by atoms with van der Waals surface area (Å²) < 4.78 is 0. The second kappa shape index (κ2) is 4.62. The third-order valence-corrected chi connectivity index (χ3v) is 2.00. The van der Waals surface area contributed by atoms with Crippen molar-refractivity contribution in [1.29, 1.82) is 0 Å². The van der Waals surface area contributed by atoms with Crippen LogP contribution in [0.3, 0.4) is 0 Å². The van der Waals surface area contributed by atoms with Crippen molar-refractivity contribution in [3.63, 3.8) is 0 Å². The van der Waals surface area contributed by atoms with Gasteiger partial charge in [0.05, 0.1) is 0 Å². The first-order chi connectivity index (χ1) is 5.83. The van der Waals surface area contributed by atoms with E-state index >= 15 is 0 Å². The Morgan fingerprint density at radius 2 is 2.25 bits per heavy atom. The van der Waals surface area contributed by atoms with Gasteiger partial charge in [0.25, 0.3) is 0 Å². The molecule has 0 unspecified atom stereocenters. The number of hydrogen-bond donors (Lipinski definition) is 1. The zero-order chi connectivity index (χ0) is 8.81. The first-order valence-corrected chi connectivity index (χ1v) is 4.13. The number of nitrogens with zero attached hydrogens (tertiary/aromatic N) is 3. The molecule has 0 atom stereocenters. The normalized spacial score (nSPS) is 17.0. The van der Waals surface area contributed by atoms with Gasteiger partial charge >= 0.3 is 0 Å². The molecule has 0 radical (unpaired) electrons. The van der Waals surface area contributed by atoms with Crippen LogP contribution in [0.1, 0.15) is 25.7 Å². The Labute approximate surface area is 70.8 Å². The fourth-order valence-corrected chi connectivity index (χ4v) is 1.44. The zero-order valence-corrected chi connectivity index (χ0v) is 6.86. The first-order valence-electron chi connectivity index (χ1n) is 4.13. The van der Waals surface area contributed by atoms with Crippen molar-refractivity contribution in [3.8, 4) is 0 Å². The Hall–Kier alpha value is -1.22. The molecule has 1 rings (SSSR count). The number of carbonyl (C=O) groups excluding carboxylic acids is 1. The summed E-state index contributed by atoms with van der Waals surface area (Å²) >= 11 is 0. The van der Waals surface area contributed by atoms with E-state index in [9.17, 15) is 4.79 Å². The number of nitrogens with one attached hydrogen (secondary N) is 1. The van der Waals surface area contributed by atoms with Gasteiger partial charge in [0, 0.05) is 11.0 Å². The van der Waals surface area contributed by atoms with Crippen LogP contribution >= 0.6 is 0 Å². The molecule has 0 spiro atoms. The van der Waals surface area contributed by atoms with Crippen LogP contribution in [0.25, 0.3) is 10.4 Å². The molecule has 66 valence electrons. The van der Waals surface area contributed by atoms with Crippen LogP contribution < -0.4 is 5.32 Å². The Bertz CT molecular complexity index is 203. The third-order valence-electron chi connectivity index (χ3n) is 2.00. The monoisotopic (exact) mass is 168 g/mol. The lowest BCUT2D eigenvalue weighted by atomic mass is 10.2. The summed E-state index contributed by atoms with van der Waals surface area (Å²) in [7, 11) is 0. The highest BCUT2D eigenvalue weighted by Gasteiger charge is 2.16. The maximum Gasteiger partial charge on any atom is 0.226 e. The molecule has 5 heteroatoms. The van der Waals surface area contributed by atoms with Crippen LogP contribution in [0, 0.1) is 0 Å². The molecular formula is C7H12N4O. The van der Waals surface area contributed by atoms with E-state index in [4.69, 9.17) is 5.53 Å². The molecule has 0 aromatic rings. The summed E-state index contributed by atoms with van der Waals surface area (Å²) in [5, 5.41) is 5.99. The Morgan fingerprint density at radius 1 is 1.58 bits per heavy atom. The predicted octanol–water partition coefficient (Wildman–Crippen LogP) is 1.36. The van der Waals surface area contributed by atoms with Crippen molar-refractivity contribution >= 4 is 5.91 Å².